The number of anilines is 1. The molecule has 0 radical (unpaired) electrons. The second kappa shape index (κ2) is 13.0. The molecule has 5 rings (SSSR count). The van der Waals surface area contributed by atoms with E-state index in [2.05, 4.69) is 15.0 Å². The van der Waals surface area contributed by atoms with Gasteiger partial charge in [-0.15, -0.1) is 11.3 Å². The summed E-state index contributed by atoms with van der Waals surface area (Å²) in [6, 6.07) is 7.57. The minimum atomic E-state index is -3.76. The molecule has 3 aliphatic rings. The summed E-state index contributed by atoms with van der Waals surface area (Å²) in [5, 5.41) is 3.69. The summed E-state index contributed by atoms with van der Waals surface area (Å²) in [7, 11) is -3.76. The van der Waals surface area contributed by atoms with Crippen molar-refractivity contribution >= 4 is 38.3 Å². The van der Waals surface area contributed by atoms with Crippen LogP contribution in [-0.4, -0.2) is 55.3 Å². The molecule has 2 aliphatic carbocycles. The second-order valence-corrected chi connectivity index (χ2v) is 14.5. The van der Waals surface area contributed by atoms with Gasteiger partial charge >= 0.3 is 0 Å². The van der Waals surface area contributed by atoms with Gasteiger partial charge in [0.25, 0.3) is 0 Å². The predicted molar refractivity (Wildman–Crippen MR) is 157 cm³/mol. The van der Waals surface area contributed by atoms with Crippen molar-refractivity contribution in [1.29, 1.82) is 0 Å². The zero-order valence-electron chi connectivity index (χ0n) is 23.0. The first-order valence-electron chi connectivity index (χ1n) is 14.6. The topological polar surface area (TPSA) is 134 Å². The number of nitrogens with zero attached hydrogens (tertiary/aromatic N) is 2. The SMILES string of the molecule is Nc1nc2c(s1)CC(CNC(=O)[C@@H]1CCCN1C(=O)[C@@H](CC1CCCCC1)NS(=O)(=O)Cc1ccccc1)CC2. The molecule has 2 heterocycles. The third-order valence-corrected chi connectivity index (χ3v) is 10.9. The van der Waals surface area contributed by atoms with E-state index in [9.17, 15) is 18.0 Å². The number of fused-ring (bicyclic) bond motifs is 1. The number of nitrogens with two attached hydrogens (primary N) is 1. The lowest BCUT2D eigenvalue weighted by atomic mass is 9.84. The van der Waals surface area contributed by atoms with Gasteiger partial charge in [-0.25, -0.2) is 18.1 Å². The van der Waals surface area contributed by atoms with Gasteiger partial charge in [-0.1, -0.05) is 62.4 Å². The van der Waals surface area contributed by atoms with Gasteiger partial charge in [-0.2, -0.15) is 0 Å². The fourth-order valence-electron chi connectivity index (χ4n) is 6.51. The largest absolute Gasteiger partial charge is 0.375 e. The van der Waals surface area contributed by atoms with Crippen molar-refractivity contribution in [3.8, 4) is 0 Å². The van der Waals surface area contributed by atoms with Crippen LogP contribution in [0.15, 0.2) is 30.3 Å². The zero-order valence-corrected chi connectivity index (χ0v) is 24.6. The Bertz CT molecular complexity index is 1280. The Kier molecular flexibility index (Phi) is 9.42. The molecule has 1 aliphatic heterocycles. The summed E-state index contributed by atoms with van der Waals surface area (Å²) in [5.74, 6) is 0.00627. The summed E-state index contributed by atoms with van der Waals surface area (Å²) >= 11 is 1.52. The van der Waals surface area contributed by atoms with Crippen LogP contribution in [0, 0.1) is 11.8 Å². The Hall–Kier alpha value is -2.50. The van der Waals surface area contributed by atoms with E-state index in [0.29, 0.717) is 48.5 Å². The van der Waals surface area contributed by atoms with Crippen molar-refractivity contribution in [1.82, 2.24) is 19.9 Å². The van der Waals surface area contributed by atoms with Crippen LogP contribution in [0.3, 0.4) is 0 Å². The average Bonchev–Trinajstić information content (AvgIpc) is 3.57. The monoisotopic (exact) mass is 587 g/mol. The molecular formula is C29H41N5O4S2. The lowest BCUT2D eigenvalue weighted by molar-refractivity contribution is -0.140. The van der Waals surface area contributed by atoms with Gasteiger partial charge in [0.1, 0.15) is 12.1 Å². The van der Waals surface area contributed by atoms with Gasteiger partial charge < -0.3 is 16.0 Å². The van der Waals surface area contributed by atoms with Gasteiger partial charge in [-0.3, -0.25) is 9.59 Å². The lowest BCUT2D eigenvalue weighted by Crippen LogP contribution is -2.54. The van der Waals surface area contributed by atoms with Gasteiger partial charge in [0.2, 0.25) is 21.8 Å². The fraction of sp³-hybridized carbons (Fsp3) is 0.621. The highest BCUT2D eigenvalue weighted by Gasteiger charge is 2.39. The predicted octanol–water partition coefficient (Wildman–Crippen LogP) is 3.40. The minimum absolute atomic E-state index is 0.149. The Morgan fingerprint density at radius 2 is 1.82 bits per heavy atom. The maximum atomic E-state index is 13.9. The average molecular weight is 588 g/mol. The second-order valence-electron chi connectivity index (χ2n) is 11.6. The number of thiazole rings is 1. The molecule has 40 heavy (non-hydrogen) atoms. The number of hydrogen-bond acceptors (Lipinski definition) is 7. The Balaban J connectivity index is 1.23. The van der Waals surface area contributed by atoms with E-state index in [0.717, 1.165) is 57.1 Å². The standard InChI is InChI=1S/C29H41N5O4S2/c30-29-32-23-14-13-22(17-26(23)39-29)18-31-27(35)25-12-7-15-34(25)28(36)24(16-20-8-3-1-4-9-20)33-40(37,38)19-21-10-5-2-6-11-21/h2,5-6,10-11,20,22,24-25,33H,1,3-4,7-9,12-19H2,(H2,30,32)(H,31,35)/t22?,24-,25+/m1/s1. The van der Waals surface area contributed by atoms with Gasteiger partial charge in [0, 0.05) is 18.0 Å². The lowest BCUT2D eigenvalue weighted by Gasteiger charge is -2.32. The number of rotatable bonds is 10. The quantitative estimate of drug-likeness (QED) is 0.390. The number of aryl methyl sites for hydroxylation is 1. The summed E-state index contributed by atoms with van der Waals surface area (Å²) in [5.41, 5.74) is 7.62. The van der Waals surface area contributed by atoms with E-state index in [1.165, 1.54) is 22.6 Å². The van der Waals surface area contributed by atoms with Crippen LogP contribution >= 0.6 is 11.3 Å². The highest BCUT2D eigenvalue weighted by Crippen LogP contribution is 2.31. The van der Waals surface area contributed by atoms with E-state index in [1.54, 1.807) is 17.0 Å². The van der Waals surface area contributed by atoms with Crippen molar-refractivity contribution < 1.29 is 18.0 Å². The Morgan fingerprint density at radius 3 is 2.60 bits per heavy atom. The molecule has 2 fully saturated rings. The molecule has 1 saturated heterocycles. The fourth-order valence-corrected chi connectivity index (χ4v) is 8.85. The van der Waals surface area contributed by atoms with Gasteiger partial charge in [0.15, 0.2) is 5.13 Å². The molecule has 2 amide bonds. The van der Waals surface area contributed by atoms with Crippen LogP contribution in [-0.2, 0) is 38.2 Å². The van der Waals surface area contributed by atoms with Crippen LogP contribution in [0.4, 0.5) is 5.13 Å². The maximum absolute atomic E-state index is 13.9. The smallest absolute Gasteiger partial charge is 0.242 e. The molecule has 3 atom stereocenters. The van der Waals surface area contributed by atoms with Crippen LogP contribution < -0.4 is 15.8 Å². The first-order chi connectivity index (χ1) is 19.3. The number of carbonyl (C=O) groups is 2. The van der Waals surface area contributed by atoms with Gasteiger partial charge in [-0.05, 0) is 55.9 Å². The highest BCUT2D eigenvalue weighted by molar-refractivity contribution is 7.88. The van der Waals surface area contributed by atoms with Crippen LogP contribution in [0.5, 0.6) is 0 Å². The van der Waals surface area contributed by atoms with Crippen LogP contribution in [0.25, 0.3) is 0 Å². The number of nitrogen functional groups attached to an aromatic ring is 1. The molecule has 1 aromatic carbocycles. The van der Waals surface area contributed by atoms with Crippen molar-refractivity contribution in [2.45, 2.75) is 88.5 Å². The summed E-state index contributed by atoms with van der Waals surface area (Å²) in [6.45, 7) is 1.01. The van der Waals surface area contributed by atoms with Crippen molar-refractivity contribution in [3.63, 3.8) is 0 Å². The zero-order chi connectivity index (χ0) is 28.1. The van der Waals surface area contributed by atoms with Crippen molar-refractivity contribution in [3.05, 3.63) is 46.5 Å². The number of sulfonamides is 1. The molecule has 0 spiro atoms. The van der Waals surface area contributed by atoms with E-state index in [4.69, 9.17) is 5.73 Å². The molecule has 1 saturated carbocycles. The molecular weight excluding hydrogens is 546 g/mol. The van der Waals surface area contributed by atoms with Crippen LogP contribution in [0.1, 0.15) is 73.9 Å². The number of nitrogens with one attached hydrogen (secondary N) is 2. The normalized spacial score (nSPS) is 22.6. The van der Waals surface area contributed by atoms with E-state index in [-0.39, 0.29) is 17.6 Å². The molecule has 9 nitrogen and oxygen atoms in total. The maximum Gasteiger partial charge on any atom is 0.242 e. The van der Waals surface area contributed by atoms with E-state index < -0.39 is 22.1 Å². The summed E-state index contributed by atoms with van der Waals surface area (Å²) in [6.07, 6.45) is 9.84. The third-order valence-electron chi connectivity index (χ3n) is 8.57. The van der Waals surface area contributed by atoms with Crippen LogP contribution in [0.2, 0.25) is 0 Å². The van der Waals surface area contributed by atoms with Crippen molar-refractivity contribution in [2.24, 2.45) is 11.8 Å². The molecule has 0 bridgehead atoms. The molecule has 1 aromatic heterocycles. The highest BCUT2D eigenvalue weighted by atomic mass is 32.2. The van der Waals surface area contributed by atoms with E-state index >= 15 is 0 Å². The first kappa shape index (κ1) is 29.0. The molecule has 218 valence electrons. The number of carbonyl (C=O) groups excluding carboxylic acids is 2. The van der Waals surface area contributed by atoms with Gasteiger partial charge in [0.05, 0.1) is 11.4 Å². The van der Waals surface area contributed by atoms with Crippen molar-refractivity contribution in [2.75, 3.05) is 18.8 Å². The first-order valence-corrected chi connectivity index (χ1v) is 17.1. The third kappa shape index (κ3) is 7.41. The molecule has 2 aromatic rings. The van der Waals surface area contributed by atoms with E-state index in [1.807, 2.05) is 18.2 Å². The Labute approximate surface area is 241 Å². The number of aromatic nitrogens is 1. The molecule has 11 heteroatoms. The molecule has 4 N–H and O–H groups in total. The number of benzene rings is 1. The number of likely N-dealkylation sites (tertiary alicyclic amines) is 1. The number of amides is 2. The minimum Gasteiger partial charge on any atom is -0.375 e. The summed E-state index contributed by atoms with van der Waals surface area (Å²) < 4.78 is 29.1. The number of hydrogen-bond donors (Lipinski definition) is 3. The summed E-state index contributed by atoms with van der Waals surface area (Å²) in [4.78, 5) is 34.5. The Morgan fingerprint density at radius 1 is 1.05 bits per heavy atom. The molecule has 1 unspecified atom stereocenters.